The van der Waals surface area contributed by atoms with Crippen LogP contribution in [0.1, 0.15) is 99.8 Å². The molecule has 2 rings (SSSR count). The van der Waals surface area contributed by atoms with Crippen molar-refractivity contribution in [1.82, 2.24) is 0 Å². The lowest BCUT2D eigenvalue weighted by atomic mass is 9.95. The fourth-order valence-corrected chi connectivity index (χ4v) is 4.13. The van der Waals surface area contributed by atoms with Crippen molar-refractivity contribution < 1.29 is 19.1 Å². The van der Waals surface area contributed by atoms with Crippen LogP contribution >= 0.6 is 0 Å². The highest BCUT2D eigenvalue weighted by Gasteiger charge is 2.25. The second-order valence-corrected chi connectivity index (χ2v) is 9.12. The van der Waals surface area contributed by atoms with E-state index in [2.05, 4.69) is 27.7 Å². The molecule has 0 radical (unpaired) electrons. The molecule has 0 spiro atoms. The summed E-state index contributed by atoms with van der Waals surface area (Å²) in [7, 11) is 0. The number of carbonyl (C=O) groups is 2. The minimum Gasteiger partial charge on any atom is -0.462 e. The standard InChI is InChI=1S/C30H42O4/c1-5-9-15-23(7-3)21-33-29(31)27-20-14-19-26(25-17-12-11-13-18-25)28(27)30(32)34-22-24(8-4)16-10-6-2/h11-14,17-20,23-24H,5-10,15-16,21-22H2,1-4H3. The Morgan fingerprint density at radius 3 is 1.79 bits per heavy atom. The zero-order chi connectivity index (χ0) is 24.8. The molecular weight excluding hydrogens is 424 g/mol. The molecule has 0 aromatic heterocycles. The number of benzene rings is 2. The van der Waals surface area contributed by atoms with E-state index in [0.29, 0.717) is 36.2 Å². The van der Waals surface area contributed by atoms with Crippen molar-refractivity contribution in [1.29, 1.82) is 0 Å². The molecule has 2 atom stereocenters. The van der Waals surface area contributed by atoms with Gasteiger partial charge in [0.15, 0.2) is 0 Å². The summed E-state index contributed by atoms with van der Waals surface area (Å²) in [6.45, 7) is 9.30. The van der Waals surface area contributed by atoms with E-state index in [1.807, 2.05) is 36.4 Å². The molecule has 4 nitrogen and oxygen atoms in total. The molecule has 34 heavy (non-hydrogen) atoms. The fourth-order valence-electron chi connectivity index (χ4n) is 4.13. The first-order valence-corrected chi connectivity index (χ1v) is 13.1. The number of carbonyl (C=O) groups excluding carboxylic acids is 2. The molecule has 0 saturated carbocycles. The second-order valence-electron chi connectivity index (χ2n) is 9.12. The highest BCUT2D eigenvalue weighted by Crippen LogP contribution is 2.28. The van der Waals surface area contributed by atoms with Crippen LogP contribution < -0.4 is 0 Å². The number of ether oxygens (including phenoxy) is 2. The lowest BCUT2D eigenvalue weighted by molar-refractivity contribution is 0.0382. The average molecular weight is 467 g/mol. The quantitative estimate of drug-likeness (QED) is 0.249. The molecule has 0 heterocycles. The van der Waals surface area contributed by atoms with Crippen molar-refractivity contribution in [2.75, 3.05) is 13.2 Å². The molecule has 0 aliphatic carbocycles. The van der Waals surface area contributed by atoms with Gasteiger partial charge < -0.3 is 9.47 Å². The molecule has 4 heteroatoms. The van der Waals surface area contributed by atoms with Crippen LogP contribution in [0.5, 0.6) is 0 Å². The first kappa shape index (κ1) is 27.6. The zero-order valence-corrected chi connectivity index (χ0v) is 21.5. The van der Waals surface area contributed by atoms with E-state index < -0.39 is 11.9 Å². The largest absolute Gasteiger partial charge is 0.462 e. The summed E-state index contributed by atoms with van der Waals surface area (Å²) >= 11 is 0. The van der Waals surface area contributed by atoms with Crippen molar-refractivity contribution in [3.05, 3.63) is 59.7 Å². The maximum atomic E-state index is 13.4. The Morgan fingerprint density at radius 2 is 1.26 bits per heavy atom. The molecule has 0 bridgehead atoms. The lowest BCUT2D eigenvalue weighted by Crippen LogP contribution is -2.20. The Labute approximate surface area is 206 Å². The highest BCUT2D eigenvalue weighted by molar-refractivity contribution is 6.07. The summed E-state index contributed by atoms with van der Waals surface area (Å²) in [4.78, 5) is 26.5. The van der Waals surface area contributed by atoms with Gasteiger partial charge in [-0.3, -0.25) is 0 Å². The predicted molar refractivity (Wildman–Crippen MR) is 139 cm³/mol. The van der Waals surface area contributed by atoms with E-state index in [0.717, 1.165) is 56.9 Å². The van der Waals surface area contributed by atoms with Gasteiger partial charge in [0.2, 0.25) is 0 Å². The van der Waals surface area contributed by atoms with Gasteiger partial charge in [0.1, 0.15) is 0 Å². The maximum Gasteiger partial charge on any atom is 0.339 e. The van der Waals surface area contributed by atoms with Gasteiger partial charge in [-0.05, 0) is 41.9 Å². The lowest BCUT2D eigenvalue weighted by Gasteiger charge is -2.18. The molecule has 186 valence electrons. The summed E-state index contributed by atoms with van der Waals surface area (Å²) in [5.74, 6) is -0.260. The Balaban J connectivity index is 2.30. The highest BCUT2D eigenvalue weighted by atomic mass is 16.5. The first-order valence-electron chi connectivity index (χ1n) is 13.1. The van der Waals surface area contributed by atoms with Gasteiger partial charge in [-0.25, -0.2) is 9.59 Å². The predicted octanol–water partition coefficient (Wildman–Crippen LogP) is 8.10. The monoisotopic (exact) mass is 466 g/mol. The Kier molecular flexibility index (Phi) is 12.4. The van der Waals surface area contributed by atoms with Crippen molar-refractivity contribution in [3.8, 4) is 11.1 Å². The molecule has 2 aromatic carbocycles. The van der Waals surface area contributed by atoms with Crippen LogP contribution in [0, 0.1) is 11.8 Å². The molecule has 0 N–H and O–H groups in total. The van der Waals surface area contributed by atoms with Crippen molar-refractivity contribution in [2.45, 2.75) is 79.1 Å². The summed E-state index contributed by atoms with van der Waals surface area (Å²) in [5.41, 5.74) is 2.14. The van der Waals surface area contributed by atoms with Gasteiger partial charge in [0, 0.05) is 0 Å². The van der Waals surface area contributed by atoms with Gasteiger partial charge in [-0.15, -0.1) is 0 Å². The van der Waals surface area contributed by atoms with Crippen molar-refractivity contribution >= 4 is 11.9 Å². The molecule has 0 aliphatic heterocycles. The number of esters is 2. The van der Waals surface area contributed by atoms with E-state index in [-0.39, 0.29) is 5.56 Å². The van der Waals surface area contributed by atoms with E-state index in [4.69, 9.17) is 9.47 Å². The number of unbranched alkanes of at least 4 members (excludes halogenated alkanes) is 2. The van der Waals surface area contributed by atoms with Crippen LogP contribution in [-0.2, 0) is 9.47 Å². The number of hydrogen-bond acceptors (Lipinski definition) is 4. The maximum absolute atomic E-state index is 13.4. The summed E-state index contributed by atoms with van der Waals surface area (Å²) in [6, 6.07) is 15.0. The fraction of sp³-hybridized carbons (Fsp3) is 0.533. The third kappa shape index (κ3) is 8.30. The third-order valence-corrected chi connectivity index (χ3v) is 6.56. The Bertz CT molecular complexity index is 875. The number of hydrogen-bond donors (Lipinski definition) is 0. The van der Waals surface area contributed by atoms with Crippen LogP contribution in [0.25, 0.3) is 11.1 Å². The van der Waals surface area contributed by atoms with E-state index in [9.17, 15) is 9.59 Å². The van der Waals surface area contributed by atoms with Gasteiger partial charge >= 0.3 is 11.9 Å². The molecule has 0 saturated heterocycles. The van der Waals surface area contributed by atoms with E-state index in [1.165, 1.54) is 0 Å². The molecule has 0 amide bonds. The summed E-state index contributed by atoms with van der Waals surface area (Å²) < 4.78 is 11.5. The average Bonchev–Trinajstić information content (AvgIpc) is 2.88. The summed E-state index contributed by atoms with van der Waals surface area (Å²) in [5, 5.41) is 0. The normalized spacial score (nSPS) is 12.7. The SMILES string of the molecule is CCCCC(CC)COC(=O)c1cccc(-c2ccccc2)c1C(=O)OCC(CC)CCCC. The third-order valence-electron chi connectivity index (χ3n) is 6.56. The van der Waals surface area contributed by atoms with E-state index in [1.54, 1.807) is 12.1 Å². The first-order chi connectivity index (χ1) is 16.5. The van der Waals surface area contributed by atoms with E-state index >= 15 is 0 Å². The molecule has 0 aliphatic rings. The minimum absolute atomic E-state index is 0.276. The molecule has 0 fully saturated rings. The van der Waals surface area contributed by atoms with Crippen LogP contribution in [-0.4, -0.2) is 25.2 Å². The topological polar surface area (TPSA) is 52.6 Å². The van der Waals surface area contributed by atoms with Crippen LogP contribution in [0.2, 0.25) is 0 Å². The minimum atomic E-state index is -0.460. The van der Waals surface area contributed by atoms with Gasteiger partial charge in [-0.2, -0.15) is 0 Å². The van der Waals surface area contributed by atoms with Crippen LogP contribution in [0.3, 0.4) is 0 Å². The van der Waals surface area contributed by atoms with Crippen LogP contribution in [0.4, 0.5) is 0 Å². The Hall–Kier alpha value is -2.62. The van der Waals surface area contributed by atoms with Gasteiger partial charge in [0.05, 0.1) is 24.3 Å². The van der Waals surface area contributed by atoms with Gasteiger partial charge in [0.25, 0.3) is 0 Å². The van der Waals surface area contributed by atoms with Crippen LogP contribution in [0.15, 0.2) is 48.5 Å². The Morgan fingerprint density at radius 1 is 0.706 bits per heavy atom. The second kappa shape index (κ2) is 15.3. The van der Waals surface area contributed by atoms with Gasteiger partial charge in [-0.1, -0.05) is 109 Å². The summed E-state index contributed by atoms with van der Waals surface area (Å²) in [6.07, 6.45) is 8.46. The van der Waals surface area contributed by atoms with Crippen molar-refractivity contribution in [3.63, 3.8) is 0 Å². The van der Waals surface area contributed by atoms with Crippen molar-refractivity contribution in [2.24, 2.45) is 11.8 Å². The molecule has 2 unspecified atom stereocenters. The molecule has 2 aromatic rings. The zero-order valence-electron chi connectivity index (χ0n) is 21.5. The molecular formula is C30H42O4. The smallest absolute Gasteiger partial charge is 0.339 e. The number of rotatable bonds is 15.